The zero-order valence-corrected chi connectivity index (χ0v) is 9.40. The van der Waals surface area contributed by atoms with Gasteiger partial charge in [0.1, 0.15) is 17.3 Å². The number of carbonyl (C=O) groups is 2. The van der Waals surface area contributed by atoms with E-state index in [1.54, 1.807) is 0 Å². The molecule has 1 aromatic rings. The number of ketones is 1. The normalized spacial score (nSPS) is 16.2. The topological polar surface area (TPSA) is 46.6 Å². The summed E-state index contributed by atoms with van der Waals surface area (Å²) in [6.45, 7) is 0.224. The Morgan fingerprint density at radius 1 is 1.35 bits per heavy atom. The number of piperidine rings is 1. The van der Waals surface area contributed by atoms with Crippen LogP contribution in [0.4, 0.5) is 10.1 Å². The Morgan fingerprint density at radius 3 is 2.76 bits per heavy atom. The largest absolute Gasteiger partial charge is 0.497 e. The molecule has 4 nitrogen and oxygen atoms in total. The average molecular weight is 237 g/mol. The van der Waals surface area contributed by atoms with Crippen molar-refractivity contribution in [1.82, 2.24) is 0 Å². The van der Waals surface area contributed by atoms with Crippen LogP contribution in [0.1, 0.15) is 12.8 Å². The molecule has 17 heavy (non-hydrogen) atoms. The van der Waals surface area contributed by atoms with Crippen molar-refractivity contribution >= 4 is 17.4 Å². The highest BCUT2D eigenvalue weighted by Crippen LogP contribution is 2.27. The molecule has 1 aliphatic heterocycles. The molecule has 0 radical (unpaired) electrons. The third kappa shape index (κ3) is 2.27. The molecule has 0 atom stereocenters. The zero-order chi connectivity index (χ0) is 12.4. The van der Waals surface area contributed by atoms with Crippen molar-refractivity contribution in [2.45, 2.75) is 12.8 Å². The highest BCUT2D eigenvalue weighted by atomic mass is 19.1. The first-order chi connectivity index (χ1) is 8.11. The number of ether oxygens (including phenoxy) is 1. The number of halogens is 1. The lowest BCUT2D eigenvalue weighted by Gasteiger charge is -2.26. The summed E-state index contributed by atoms with van der Waals surface area (Å²) in [5.41, 5.74) is 0.168. The second kappa shape index (κ2) is 4.53. The van der Waals surface area contributed by atoms with Crippen LogP contribution in [0.2, 0.25) is 0 Å². The fourth-order valence-electron chi connectivity index (χ4n) is 1.79. The van der Waals surface area contributed by atoms with E-state index in [0.29, 0.717) is 5.75 Å². The van der Waals surface area contributed by atoms with Crippen molar-refractivity contribution in [2.24, 2.45) is 0 Å². The van der Waals surface area contributed by atoms with Gasteiger partial charge in [-0.25, -0.2) is 4.39 Å². The van der Waals surface area contributed by atoms with Gasteiger partial charge in [-0.2, -0.15) is 0 Å². The summed E-state index contributed by atoms with van der Waals surface area (Å²) < 4.78 is 18.6. The van der Waals surface area contributed by atoms with Gasteiger partial charge >= 0.3 is 0 Å². The van der Waals surface area contributed by atoms with Crippen LogP contribution in [0.25, 0.3) is 0 Å². The number of methoxy groups -OCH3 is 1. The van der Waals surface area contributed by atoms with E-state index in [1.807, 2.05) is 0 Å². The second-order valence-corrected chi connectivity index (χ2v) is 3.83. The van der Waals surface area contributed by atoms with E-state index in [1.165, 1.54) is 30.2 Å². The molecule has 5 heteroatoms. The monoisotopic (exact) mass is 237 g/mol. The average Bonchev–Trinajstić information content (AvgIpc) is 2.30. The van der Waals surface area contributed by atoms with Crippen molar-refractivity contribution in [2.75, 3.05) is 18.6 Å². The molecule has 0 saturated carbocycles. The van der Waals surface area contributed by atoms with Crippen LogP contribution >= 0.6 is 0 Å². The molecule has 0 unspecified atom stereocenters. The minimum Gasteiger partial charge on any atom is -0.497 e. The van der Waals surface area contributed by atoms with E-state index in [4.69, 9.17) is 4.74 Å². The van der Waals surface area contributed by atoms with Crippen molar-refractivity contribution in [3.05, 3.63) is 24.0 Å². The summed E-state index contributed by atoms with van der Waals surface area (Å²) >= 11 is 0. The van der Waals surface area contributed by atoms with Gasteiger partial charge < -0.3 is 9.64 Å². The number of hydrogen-bond acceptors (Lipinski definition) is 3. The number of benzene rings is 1. The molecule has 0 aromatic heterocycles. The molecule has 0 N–H and O–H groups in total. The lowest BCUT2D eigenvalue weighted by Crippen LogP contribution is -2.39. The van der Waals surface area contributed by atoms with E-state index in [0.717, 1.165) is 0 Å². The molecule has 1 aliphatic rings. The summed E-state index contributed by atoms with van der Waals surface area (Å²) in [6.07, 6.45) is 0.110. The molecular formula is C12H12FNO3. The lowest BCUT2D eigenvalue weighted by molar-refractivity contribution is -0.128. The number of Topliss-reactive ketones (excluding diaryl/α,β-unsaturated/α-hetero) is 1. The van der Waals surface area contributed by atoms with Crippen LogP contribution in [0, 0.1) is 5.82 Å². The number of anilines is 1. The number of nitrogens with zero attached hydrogens (tertiary/aromatic N) is 1. The SMILES string of the molecule is COc1ccc(F)c(N2CCC(=O)CC2=O)c1. The summed E-state index contributed by atoms with van der Waals surface area (Å²) in [4.78, 5) is 24.0. The quantitative estimate of drug-likeness (QED) is 0.733. The fourth-order valence-corrected chi connectivity index (χ4v) is 1.79. The van der Waals surface area contributed by atoms with Gasteiger partial charge in [0.05, 0.1) is 19.2 Å². The van der Waals surface area contributed by atoms with Crippen molar-refractivity contribution in [3.63, 3.8) is 0 Å². The van der Waals surface area contributed by atoms with Gasteiger partial charge in [-0.3, -0.25) is 9.59 Å². The van der Waals surface area contributed by atoms with Gasteiger partial charge in [0.15, 0.2) is 0 Å². The zero-order valence-electron chi connectivity index (χ0n) is 9.40. The number of amides is 1. The molecule has 0 aliphatic carbocycles. The highest BCUT2D eigenvalue weighted by molar-refractivity contribution is 6.08. The Balaban J connectivity index is 2.33. The standard InChI is InChI=1S/C12H12FNO3/c1-17-9-2-3-10(13)11(7-9)14-5-4-8(15)6-12(14)16/h2-3,7H,4-6H2,1H3. The van der Waals surface area contributed by atoms with Gasteiger partial charge in [-0.05, 0) is 12.1 Å². The molecular weight excluding hydrogens is 225 g/mol. The van der Waals surface area contributed by atoms with Crippen LogP contribution in [0.15, 0.2) is 18.2 Å². The minimum atomic E-state index is -0.492. The fraction of sp³-hybridized carbons (Fsp3) is 0.333. The summed E-state index contributed by atoms with van der Waals surface area (Å²) in [5, 5.41) is 0. The molecule has 2 rings (SSSR count). The Bertz CT molecular complexity index is 473. The van der Waals surface area contributed by atoms with Crippen molar-refractivity contribution < 1.29 is 18.7 Å². The molecule has 1 saturated heterocycles. The number of carbonyl (C=O) groups excluding carboxylic acids is 2. The van der Waals surface area contributed by atoms with E-state index in [9.17, 15) is 14.0 Å². The van der Waals surface area contributed by atoms with Crippen molar-refractivity contribution in [1.29, 1.82) is 0 Å². The number of hydrogen-bond donors (Lipinski definition) is 0. The molecule has 1 aromatic carbocycles. The maximum Gasteiger partial charge on any atom is 0.234 e. The van der Waals surface area contributed by atoms with Gasteiger partial charge in [0.2, 0.25) is 5.91 Å². The molecule has 1 amide bonds. The molecule has 1 heterocycles. The lowest BCUT2D eigenvalue weighted by atomic mass is 10.1. The van der Waals surface area contributed by atoms with Crippen molar-refractivity contribution in [3.8, 4) is 5.75 Å². The van der Waals surface area contributed by atoms with E-state index >= 15 is 0 Å². The minimum absolute atomic E-state index is 0.102. The van der Waals surface area contributed by atoms with Gasteiger partial charge in [0, 0.05) is 19.0 Å². The second-order valence-electron chi connectivity index (χ2n) is 3.83. The van der Waals surface area contributed by atoms with Crippen LogP contribution in [0.3, 0.4) is 0 Å². The molecule has 1 fully saturated rings. The van der Waals surface area contributed by atoms with Crippen LogP contribution in [-0.2, 0) is 9.59 Å². The van der Waals surface area contributed by atoms with Gasteiger partial charge in [0.25, 0.3) is 0 Å². The summed E-state index contributed by atoms with van der Waals surface area (Å²) in [7, 11) is 1.47. The molecule has 0 spiro atoms. The van der Waals surface area contributed by atoms with E-state index in [2.05, 4.69) is 0 Å². The van der Waals surface area contributed by atoms with Gasteiger partial charge in [-0.15, -0.1) is 0 Å². The predicted octanol–water partition coefficient (Wildman–Crippen LogP) is 1.53. The summed E-state index contributed by atoms with van der Waals surface area (Å²) in [5.74, 6) is -0.484. The molecule has 0 bridgehead atoms. The van der Waals surface area contributed by atoms with Crippen LogP contribution in [-0.4, -0.2) is 25.3 Å². The first-order valence-electron chi connectivity index (χ1n) is 5.27. The third-order valence-electron chi connectivity index (χ3n) is 2.71. The number of rotatable bonds is 2. The van der Waals surface area contributed by atoms with E-state index in [-0.39, 0.29) is 36.8 Å². The Kier molecular flexibility index (Phi) is 3.08. The highest BCUT2D eigenvalue weighted by Gasteiger charge is 2.26. The first-order valence-corrected chi connectivity index (χ1v) is 5.27. The van der Waals surface area contributed by atoms with E-state index < -0.39 is 5.82 Å². The predicted molar refractivity (Wildman–Crippen MR) is 59.5 cm³/mol. The third-order valence-corrected chi connectivity index (χ3v) is 2.71. The van der Waals surface area contributed by atoms with Crippen LogP contribution in [0.5, 0.6) is 5.75 Å². The maximum atomic E-state index is 13.6. The van der Waals surface area contributed by atoms with Gasteiger partial charge in [-0.1, -0.05) is 0 Å². The Hall–Kier alpha value is -1.91. The van der Waals surface area contributed by atoms with Crippen LogP contribution < -0.4 is 9.64 Å². The summed E-state index contributed by atoms with van der Waals surface area (Å²) in [6, 6.07) is 4.19. The molecule has 90 valence electrons. The Morgan fingerprint density at radius 2 is 2.12 bits per heavy atom. The first kappa shape index (κ1) is 11.6. The smallest absolute Gasteiger partial charge is 0.234 e. The maximum absolute atomic E-state index is 13.6. The Labute approximate surface area is 98.0 Å².